The number of anilines is 1. The number of nitrogens with one attached hydrogen (secondary N) is 1. The smallest absolute Gasteiger partial charge is 0.148 e. The van der Waals surface area contributed by atoms with Crippen LogP contribution in [0.2, 0.25) is 5.02 Å². The van der Waals surface area contributed by atoms with E-state index >= 15 is 0 Å². The minimum absolute atomic E-state index is 0.223. The molecule has 0 radical (unpaired) electrons. The quantitative estimate of drug-likeness (QED) is 0.902. The minimum atomic E-state index is -0.223. The van der Waals surface area contributed by atoms with Crippen molar-refractivity contribution in [1.29, 1.82) is 0 Å². The highest BCUT2D eigenvalue weighted by Crippen LogP contribution is 2.30. The zero-order chi connectivity index (χ0) is 13.0. The molecule has 1 aromatic carbocycles. The van der Waals surface area contributed by atoms with Crippen LogP contribution in [0.15, 0.2) is 18.2 Å². The second-order valence-electron chi connectivity index (χ2n) is 4.81. The molecule has 1 saturated heterocycles. The Labute approximate surface area is 113 Å². The van der Waals surface area contributed by atoms with Crippen molar-refractivity contribution in [2.75, 3.05) is 24.5 Å². The summed E-state index contributed by atoms with van der Waals surface area (Å²) in [7, 11) is 0. The van der Waals surface area contributed by atoms with E-state index in [4.69, 9.17) is 11.6 Å². The molecule has 1 fully saturated rings. The number of hydrogen-bond acceptors (Lipinski definition) is 2. The summed E-state index contributed by atoms with van der Waals surface area (Å²) in [5.41, 5.74) is 0.558. The lowest BCUT2D eigenvalue weighted by atomic mass is 10.0. The summed E-state index contributed by atoms with van der Waals surface area (Å²) in [6.45, 7) is 4.89. The maximum atomic E-state index is 13.9. The predicted molar refractivity (Wildman–Crippen MR) is 74.9 cm³/mol. The Morgan fingerprint density at radius 2 is 2.33 bits per heavy atom. The Bertz CT molecular complexity index is 377. The van der Waals surface area contributed by atoms with Crippen molar-refractivity contribution >= 4 is 17.3 Å². The van der Waals surface area contributed by atoms with E-state index in [1.165, 1.54) is 6.07 Å². The fourth-order valence-electron chi connectivity index (χ4n) is 2.49. The fraction of sp³-hybridized carbons (Fsp3) is 0.571. The van der Waals surface area contributed by atoms with Crippen LogP contribution in [0.3, 0.4) is 0 Å². The topological polar surface area (TPSA) is 15.3 Å². The third-order valence-electron chi connectivity index (χ3n) is 3.36. The van der Waals surface area contributed by atoms with Crippen molar-refractivity contribution in [3.05, 3.63) is 29.0 Å². The van der Waals surface area contributed by atoms with Crippen LogP contribution in [-0.4, -0.2) is 25.7 Å². The fourth-order valence-corrected chi connectivity index (χ4v) is 2.77. The van der Waals surface area contributed by atoms with Crippen molar-refractivity contribution in [3.63, 3.8) is 0 Å². The molecular weight excluding hydrogens is 251 g/mol. The lowest BCUT2D eigenvalue weighted by Crippen LogP contribution is -2.46. The van der Waals surface area contributed by atoms with Gasteiger partial charge in [-0.3, -0.25) is 0 Å². The lowest BCUT2D eigenvalue weighted by Gasteiger charge is -2.35. The van der Waals surface area contributed by atoms with Gasteiger partial charge < -0.3 is 10.2 Å². The maximum absolute atomic E-state index is 13.9. The molecule has 0 aromatic heterocycles. The predicted octanol–water partition coefficient (Wildman–Crippen LogP) is 3.45. The third-order valence-corrected chi connectivity index (χ3v) is 3.66. The Balaban J connectivity index is 2.08. The average molecular weight is 271 g/mol. The molecule has 1 aliphatic rings. The van der Waals surface area contributed by atoms with Gasteiger partial charge in [0.15, 0.2) is 0 Å². The van der Waals surface area contributed by atoms with Gasteiger partial charge in [0, 0.05) is 19.1 Å². The van der Waals surface area contributed by atoms with Gasteiger partial charge in [-0.2, -0.15) is 0 Å². The number of benzene rings is 1. The number of para-hydroxylation sites is 1. The van der Waals surface area contributed by atoms with E-state index in [9.17, 15) is 4.39 Å². The van der Waals surface area contributed by atoms with E-state index in [2.05, 4.69) is 17.1 Å². The highest BCUT2D eigenvalue weighted by Gasteiger charge is 2.23. The maximum Gasteiger partial charge on any atom is 0.148 e. The Kier molecular flexibility index (Phi) is 4.84. The van der Waals surface area contributed by atoms with Crippen molar-refractivity contribution in [3.8, 4) is 0 Å². The summed E-state index contributed by atoms with van der Waals surface area (Å²) in [5.74, 6) is -0.223. The normalized spacial score (nSPS) is 20.2. The van der Waals surface area contributed by atoms with Crippen LogP contribution in [0.4, 0.5) is 10.1 Å². The van der Waals surface area contributed by atoms with Gasteiger partial charge in [0.25, 0.3) is 0 Å². The van der Waals surface area contributed by atoms with Crippen LogP contribution in [0.25, 0.3) is 0 Å². The Hall–Kier alpha value is -0.800. The van der Waals surface area contributed by atoms with Crippen LogP contribution in [-0.2, 0) is 0 Å². The highest BCUT2D eigenvalue weighted by molar-refractivity contribution is 6.33. The molecule has 1 N–H and O–H groups in total. The second kappa shape index (κ2) is 6.39. The van der Waals surface area contributed by atoms with Gasteiger partial charge in [-0.25, -0.2) is 4.39 Å². The number of nitrogens with zero attached hydrogens (tertiary/aromatic N) is 1. The molecule has 1 unspecified atom stereocenters. The molecule has 18 heavy (non-hydrogen) atoms. The number of piperidine rings is 1. The molecular formula is C14H20ClFN2. The first-order valence-corrected chi connectivity index (χ1v) is 7.02. The van der Waals surface area contributed by atoms with E-state index in [0.717, 1.165) is 38.9 Å². The molecule has 4 heteroatoms. The minimum Gasteiger partial charge on any atom is -0.366 e. The van der Waals surface area contributed by atoms with E-state index in [-0.39, 0.29) is 5.82 Å². The summed E-state index contributed by atoms with van der Waals surface area (Å²) in [6, 6.07) is 5.32. The summed E-state index contributed by atoms with van der Waals surface area (Å²) in [6.07, 6.45) is 3.35. The standard InChI is InChI=1S/C14H20ClFN2/c1-2-8-17-11-5-4-9-18(10-11)14-12(15)6-3-7-13(14)16/h3,6-7,11,17H,2,4-5,8-10H2,1H3. The molecule has 2 rings (SSSR count). The average Bonchev–Trinajstić information content (AvgIpc) is 2.37. The summed E-state index contributed by atoms with van der Waals surface area (Å²) >= 11 is 6.11. The van der Waals surface area contributed by atoms with Gasteiger partial charge in [-0.15, -0.1) is 0 Å². The number of hydrogen-bond donors (Lipinski definition) is 1. The first-order valence-electron chi connectivity index (χ1n) is 6.64. The van der Waals surface area contributed by atoms with Crippen molar-refractivity contribution < 1.29 is 4.39 Å². The van der Waals surface area contributed by atoms with Crippen LogP contribution in [0.1, 0.15) is 26.2 Å². The number of halogens is 2. The van der Waals surface area contributed by atoms with E-state index in [1.807, 2.05) is 0 Å². The number of rotatable bonds is 4. The molecule has 0 saturated carbocycles. The van der Waals surface area contributed by atoms with E-state index in [1.54, 1.807) is 12.1 Å². The van der Waals surface area contributed by atoms with Crippen molar-refractivity contribution in [2.24, 2.45) is 0 Å². The van der Waals surface area contributed by atoms with Gasteiger partial charge in [-0.05, 0) is 37.9 Å². The molecule has 1 aromatic rings. The summed E-state index contributed by atoms with van der Waals surface area (Å²) < 4.78 is 13.9. The van der Waals surface area contributed by atoms with Gasteiger partial charge in [0.05, 0.1) is 10.7 Å². The summed E-state index contributed by atoms with van der Waals surface area (Å²) in [4.78, 5) is 2.06. The van der Waals surface area contributed by atoms with Crippen molar-refractivity contribution in [1.82, 2.24) is 5.32 Å². The molecule has 0 amide bonds. The van der Waals surface area contributed by atoms with Crippen molar-refractivity contribution in [2.45, 2.75) is 32.2 Å². The van der Waals surface area contributed by atoms with Gasteiger partial charge in [0.1, 0.15) is 5.82 Å². The SMILES string of the molecule is CCCNC1CCCN(c2c(F)cccc2Cl)C1. The molecule has 1 heterocycles. The zero-order valence-electron chi connectivity index (χ0n) is 10.8. The van der Waals surface area contributed by atoms with Crippen LogP contribution in [0.5, 0.6) is 0 Å². The first-order chi connectivity index (χ1) is 8.72. The van der Waals surface area contributed by atoms with Crippen LogP contribution in [0, 0.1) is 5.82 Å². The van der Waals surface area contributed by atoms with Gasteiger partial charge in [0.2, 0.25) is 0 Å². The molecule has 0 spiro atoms. The molecule has 100 valence electrons. The van der Waals surface area contributed by atoms with Gasteiger partial charge in [-0.1, -0.05) is 24.6 Å². The first kappa shape index (κ1) is 13.6. The molecule has 2 nitrogen and oxygen atoms in total. The molecule has 0 bridgehead atoms. The molecule has 1 atom stereocenters. The van der Waals surface area contributed by atoms with Crippen LogP contribution >= 0.6 is 11.6 Å². The Morgan fingerprint density at radius 1 is 1.50 bits per heavy atom. The molecule has 0 aliphatic carbocycles. The van der Waals surface area contributed by atoms with E-state index in [0.29, 0.717) is 16.8 Å². The molecule has 1 aliphatic heterocycles. The van der Waals surface area contributed by atoms with E-state index < -0.39 is 0 Å². The van der Waals surface area contributed by atoms with Gasteiger partial charge >= 0.3 is 0 Å². The monoisotopic (exact) mass is 270 g/mol. The largest absolute Gasteiger partial charge is 0.366 e. The lowest BCUT2D eigenvalue weighted by molar-refractivity contribution is 0.420. The third kappa shape index (κ3) is 3.15. The Morgan fingerprint density at radius 3 is 3.06 bits per heavy atom. The second-order valence-corrected chi connectivity index (χ2v) is 5.22. The zero-order valence-corrected chi connectivity index (χ0v) is 11.5. The van der Waals surface area contributed by atoms with Crippen LogP contribution < -0.4 is 10.2 Å². The summed E-state index contributed by atoms with van der Waals surface area (Å²) in [5, 5.41) is 4.01. The highest BCUT2D eigenvalue weighted by atomic mass is 35.5.